The lowest BCUT2D eigenvalue weighted by Crippen LogP contribution is -2.54. The molecule has 0 aliphatic carbocycles. The molecule has 9 heteroatoms. The summed E-state index contributed by atoms with van der Waals surface area (Å²) in [5.74, 6) is -0.581. The molecule has 2 aromatic heterocycles. The van der Waals surface area contributed by atoms with Gasteiger partial charge < -0.3 is 10.6 Å². The Balaban J connectivity index is 1.64. The van der Waals surface area contributed by atoms with Gasteiger partial charge in [-0.15, -0.1) is 22.7 Å². The Morgan fingerprint density at radius 2 is 1.80 bits per heavy atom. The summed E-state index contributed by atoms with van der Waals surface area (Å²) in [6.07, 6.45) is -3.79. The Labute approximate surface area is 209 Å². The van der Waals surface area contributed by atoms with Crippen molar-refractivity contribution >= 4 is 43.8 Å². The standard InChI is InChI=1S/C26H24F3N3OS2/c1-24(2)13-16-19(22-30-17-10-5-6-11-18(17)34-22)23(35-20(16)25(3,4)32-24)31-21(33)14-8-7-9-15(12-14)26(27,28)29/h5-12,32H,13H2,1-4H3,(H,31,33). The van der Waals surface area contributed by atoms with Gasteiger partial charge in [-0.1, -0.05) is 18.2 Å². The fourth-order valence-corrected chi connectivity index (χ4v) is 7.22. The molecule has 4 aromatic rings. The summed E-state index contributed by atoms with van der Waals surface area (Å²) in [6, 6.07) is 12.3. The molecule has 0 atom stereocenters. The molecule has 3 heterocycles. The fourth-order valence-electron chi connectivity index (χ4n) is 4.83. The van der Waals surface area contributed by atoms with Gasteiger partial charge in [0.05, 0.1) is 15.8 Å². The minimum absolute atomic E-state index is 0.0424. The van der Waals surface area contributed by atoms with E-state index < -0.39 is 17.6 Å². The number of aromatic nitrogens is 1. The second-order valence-corrected chi connectivity index (χ2v) is 12.0. The van der Waals surface area contributed by atoms with Crippen LogP contribution in [0.3, 0.4) is 0 Å². The van der Waals surface area contributed by atoms with E-state index in [0.29, 0.717) is 5.00 Å². The lowest BCUT2D eigenvalue weighted by atomic mass is 9.81. The predicted molar refractivity (Wildman–Crippen MR) is 136 cm³/mol. The van der Waals surface area contributed by atoms with E-state index in [4.69, 9.17) is 4.98 Å². The number of carbonyl (C=O) groups excluding carboxylic acids is 1. The molecule has 2 aromatic carbocycles. The normalized spacial score (nSPS) is 16.8. The Morgan fingerprint density at radius 1 is 1.06 bits per heavy atom. The maximum atomic E-state index is 13.2. The van der Waals surface area contributed by atoms with Crippen LogP contribution in [0.25, 0.3) is 20.8 Å². The minimum Gasteiger partial charge on any atom is -0.313 e. The Hall–Kier alpha value is -2.75. The van der Waals surface area contributed by atoms with Crippen LogP contribution in [0, 0.1) is 0 Å². The van der Waals surface area contributed by atoms with Crippen LogP contribution in [0.4, 0.5) is 18.2 Å². The summed E-state index contributed by atoms with van der Waals surface area (Å²) in [5.41, 5.74) is 1.40. The topological polar surface area (TPSA) is 54.0 Å². The SMILES string of the molecule is CC1(C)Cc2c(sc(NC(=O)c3cccc(C(F)(F)F)c3)c2-c2nc3ccccc3s2)C(C)(C)N1. The Bertz CT molecular complexity index is 1420. The summed E-state index contributed by atoms with van der Waals surface area (Å²) in [7, 11) is 0. The number of rotatable bonds is 3. The van der Waals surface area contributed by atoms with Crippen molar-refractivity contribution in [2.75, 3.05) is 5.32 Å². The predicted octanol–water partition coefficient (Wildman–Crippen LogP) is 7.46. The maximum Gasteiger partial charge on any atom is 0.416 e. The number of alkyl halides is 3. The average Bonchev–Trinajstić information content (AvgIpc) is 3.33. The number of fused-ring (bicyclic) bond motifs is 2. The zero-order valence-corrected chi connectivity index (χ0v) is 21.3. The third-order valence-corrected chi connectivity index (χ3v) is 8.56. The van der Waals surface area contributed by atoms with E-state index in [-0.39, 0.29) is 16.6 Å². The van der Waals surface area contributed by atoms with Gasteiger partial charge in [-0.2, -0.15) is 13.2 Å². The third kappa shape index (κ3) is 4.48. The van der Waals surface area contributed by atoms with Crippen molar-refractivity contribution in [1.82, 2.24) is 10.3 Å². The largest absolute Gasteiger partial charge is 0.416 e. The van der Waals surface area contributed by atoms with Crippen LogP contribution in [-0.4, -0.2) is 16.4 Å². The molecule has 1 aliphatic heterocycles. The van der Waals surface area contributed by atoms with Gasteiger partial charge in [0.25, 0.3) is 5.91 Å². The number of carbonyl (C=O) groups is 1. The van der Waals surface area contributed by atoms with E-state index in [1.54, 1.807) is 11.3 Å². The number of halogens is 3. The van der Waals surface area contributed by atoms with Gasteiger partial charge in [-0.3, -0.25) is 4.79 Å². The number of amides is 1. The van der Waals surface area contributed by atoms with Gasteiger partial charge in [-0.25, -0.2) is 4.98 Å². The van der Waals surface area contributed by atoms with Crippen LogP contribution in [0.15, 0.2) is 48.5 Å². The van der Waals surface area contributed by atoms with Crippen molar-refractivity contribution in [2.45, 2.75) is 51.4 Å². The Morgan fingerprint density at radius 3 is 2.51 bits per heavy atom. The number of benzene rings is 2. The van der Waals surface area contributed by atoms with Crippen molar-refractivity contribution in [1.29, 1.82) is 0 Å². The highest BCUT2D eigenvalue weighted by Gasteiger charge is 2.41. The van der Waals surface area contributed by atoms with E-state index >= 15 is 0 Å². The zero-order valence-electron chi connectivity index (χ0n) is 19.6. The molecular weight excluding hydrogens is 491 g/mol. The lowest BCUT2D eigenvalue weighted by molar-refractivity contribution is -0.137. The summed E-state index contributed by atoms with van der Waals surface area (Å²) in [5, 5.41) is 7.98. The minimum atomic E-state index is -4.52. The fraction of sp³-hybridized carbons (Fsp3) is 0.308. The van der Waals surface area contributed by atoms with Crippen LogP contribution in [0.5, 0.6) is 0 Å². The Kier molecular flexibility index (Phi) is 5.58. The molecule has 0 saturated heterocycles. The number of thiazole rings is 1. The van der Waals surface area contributed by atoms with Crippen molar-refractivity contribution in [2.24, 2.45) is 0 Å². The van der Waals surface area contributed by atoms with Gasteiger partial charge in [-0.05, 0) is 70.0 Å². The first-order chi connectivity index (χ1) is 16.3. The molecule has 0 spiro atoms. The number of hydrogen-bond acceptors (Lipinski definition) is 5. The summed E-state index contributed by atoms with van der Waals surface area (Å²) in [4.78, 5) is 19.1. The molecule has 1 amide bonds. The molecule has 0 bridgehead atoms. The number of thiophene rings is 1. The molecular formula is C26H24F3N3OS2. The van der Waals surface area contributed by atoms with Gasteiger partial charge >= 0.3 is 6.18 Å². The van der Waals surface area contributed by atoms with Gasteiger partial charge in [0.2, 0.25) is 0 Å². The smallest absolute Gasteiger partial charge is 0.313 e. The van der Waals surface area contributed by atoms with E-state index in [1.807, 2.05) is 24.3 Å². The van der Waals surface area contributed by atoms with Crippen LogP contribution in [-0.2, 0) is 18.1 Å². The van der Waals surface area contributed by atoms with Crippen LogP contribution >= 0.6 is 22.7 Å². The molecule has 35 heavy (non-hydrogen) atoms. The van der Waals surface area contributed by atoms with E-state index in [0.717, 1.165) is 49.8 Å². The van der Waals surface area contributed by atoms with E-state index in [9.17, 15) is 18.0 Å². The molecule has 0 unspecified atom stereocenters. The highest BCUT2D eigenvalue weighted by atomic mass is 32.1. The maximum absolute atomic E-state index is 13.2. The molecule has 0 fully saturated rings. The number of nitrogens with one attached hydrogen (secondary N) is 2. The molecule has 2 N–H and O–H groups in total. The van der Waals surface area contributed by atoms with Gasteiger partial charge in [0.1, 0.15) is 10.0 Å². The summed E-state index contributed by atoms with van der Waals surface area (Å²) in [6.45, 7) is 8.48. The van der Waals surface area contributed by atoms with Crippen molar-refractivity contribution in [3.8, 4) is 10.6 Å². The number of hydrogen-bond donors (Lipinski definition) is 2. The number of nitrogens with zero attached hydrogens (tertiary/aromatic N) is 1. The first kappa shape index (κ1) is 24.0. The van der Waals surface area contributed by atoms with Crippen molar-refractivity contribution in [3.63, 3.8) is 0 Å². The monoisotopic (exact) mass is 515 g/mol. The molecule has 4 nitrogen and oxygen atoms in total. The van der Waals surface area contributed by atoms with Crippen molar-refractivity contribution in [3.05, 3.63) is 70.1 Å². The zero-order chi connectivity index (χ0) is 25.2. The molecule has 182 valence electrons. The van der Waals surface area contributed by atoms with Crippen LogP contribution in [0.1, 0.15) is 54.1 Å². The quantitative estimate of drug-likeness (QED) is 0.298. The molecule has 5 rings (SSSR count). The van der Waals surface area contributed by atoms with Crippen molar-refractivity contribution < 1.29 is 18.0 Å². The molecule has 1 aliphatic rings. The lowest BCUT2D eigenvalue weighted by Gasteiger charge is -2.42. The molecule has 0 radical (unpaired) electrons. The second-order valence-electron chi connectivity index (χ2n) is 9.94. The summed E-state index contributed by atoms with van der Waals surface area (Å²) < 4.78 is 40.7. The average molecular weight is 516 g/mol. The number of para-hydroxylation sites is 1. The van der Waals surface area contributed by atoms with Gasteiger partial charge in [0.15, 0.2) is 0 Å². The number of anilines is 1. The highest BCUT2D eigenvalue weighted by Crippen LogP contribution is 2.50. The first-order valence-corrected chi connectivity index (χ1v) is 12.8. The summed E-state index contributed by atoms with van der Waals surface area (Å²) >= 11 is 3.00. The van der Waals surface area contributed by atoms with E-state index in [1.165, 1.54) is 23.5 Å². The first-order valence-electron chi connectivity index (χ1n) is 11.1. The van der Waals surface area contributed by atoms with Crippen LogP contribution in [0.2, 0.25) is 0 Å². The van der Waals surface area contributed by atoms with Crippen LogP contribution < -0.4 is 10.6 Å². The second kappa shape index (κ2) is 8.15. The van der Waals surface area contributed by atoms with E-state index in [2.05, 4.69) is 38.3 Å². The highest BCUT2D eigenvalue weighted by molar-refractivity contribution is 7.23. The third-order valence-electron chi connectivity index (χ3n) is 6.03. The van der Waals surface area contributed by atoms with Gasteiger partial charge in [0, 0.05) is 27.1 Å². The molecule has 0 saturated carbocycles.